The standard InChI is InChI=1S/C25H33N5O/c1-16-10-21(14-28(5)19(16)4)25-27-22-13-26-24(29-8-9-31-15-18(29)3)12-23(22)30(25)17(2)11-20-6-7-20/h10,12-14,17-18,20H,4,6-9,11,15H2,1-3,5H3/t17?,18-/m0/s1. The highest BCUT2D eigenvalue weighted by molar-refractivity contribution is 5.84. The topological polar surface area (TPSA) is 46.4 Å². The summed E-state index contributed by atoms with van der Waals surface area (Å²) < 4.78 is 8.08. The Labute approximate surface area is 184 Å². The number of fused-ring (bicyclic) bond motifs is 1. The van der Waals surface area contributed by atoms with Crippen LogP contribution in [0, 0.1) is 5.92 Å². The van der Waals surface area contributed by atoms with Gasteiger partial charge < -0.3 is 19.1 Å². The zero-order chi connectivity index (χ0) is 21.7. The maximum Gasteiger partial charge on any atom is 0.142 e. The number of allylic oxidation sites excluding steroid dienone is 3. The van der Waals surface area contributed by atoms with Gasteiger partial charge in [-0.1, -0.05) is 19.4 Å². The first-order chi connectivity index (χ1) is 14.9. The van der Waals surface area contributed by atoms with Gasteiger partial charge in [0, 0.05) is 43.2 Å². The van der Waals surface area contributed by atoms with Crippen LogP contribution in [0.4, 0.5) is 5.82 Å². The molecule has 6 heteroatoms. The van der Waals surface area contributed by atoms with Gasteiger partial charge in [-0.15, -0.1) is 0 Å². The van der Waals surface area contributed by atoms with E-state index in [1.165, 1.54) is 30.4 Å². The zero-order valence-corrected chi connectivity index (χ0v) is 19.1. The largest absolute Gasteiger partial charge is 0.377 e. The van der Waals surface area contributed by atoms with E-state index in [0.717, 1.165) is 54.1 Å². The molecule has 5 rings (SSSR count). The van der Waals surface area contributed by atoms with Crippen LogP contribution in [0.1, 0.15) is 51.9 Å². The van der Waals surface area contributed by atoms with E-state index in [-0.39, 0.29) is 0 Å². The fourth-order valence-electron chi connectivity index (χ4n) is 4.84. The lowest BCUT2D eigenvalue weighted by Crippen LogP contribution is -2.44. The average molecular weight is 420 g/mol. The number of rotatable bonds is 5. The molecule has 2 aliphatic heterocycles. The number of aromatic nitrogens is 3. The first-order valence-corrected chi connectivity index (χ1v) is 11.5. The third-order valence-corrected chi connectivity index (χ3v) is 6.88. The maximum absolute atomic E-state index is 5.63. The quantitative estimate of drug-likeness (QED) is 0.699. The van der Waals surface area contributed by atoms with E-state index >= 15 is 0 Å². The van der Waals surface area contributed by atoms with Crippen molar-refractivity contribution in [3.8, 4) is 0 Å². The van der Waals surface area contributed by atoms with E-state index in [0.29, 0.717) is 12.1 Å². The van der Waals surface area contributed by atoms with Crippen molar-refractivity contribution in [2.24, 2.45) is 5.92 Å². The summed E-state index contributed by atoms with van der Waals surface area (Å²) in [7, 11) is 2.05. The second-order valence-electron chi connectivity index (χ2n) is 9.45. The molecular weight excluding hydrogens is 386 g/mol. The summed E-state index contributed by atoms with van der Waals surface area (Å²) in [5.41, 5.74) is 5.47. The van der Waals surface area contributed by atoms with Crippen LogP contribution < -0.4 is 4.90 Å². The molecule has 2 fully saturated rings. The lowest BCUT2D eigenvalue weighted by molar-refractivity contribution is 0.0985. The molecule has 1 saturated heterocycles. The summed E-state index contributed by atoms with van der Waals surface area (Å²) >= 11 is 0. The van der Waals surface area contributed by atoms with Crippen LogP contribution in [0.3, 0.4) is 0 Å². The number of imidazole rings is 1. The van der Waals surface area contributed by atoms with Gasteiger partial charge in [-0.05, 0) is 44.8 Å². The molecule has 0 radical (unpaired) electrons. The molecule has 0 aromatic carbocycles. The predicted octanol–water partition coefficient (Wildman–Crippen LogP) is 4.76. The number of nitrogens with zero attached hydrogens (tertiary/aromatic N) is 5. The molecule has 1 unspecified atom stereocenters. The Balaban J connectivity index is 1.63. The van der Waals surface area contributed by atoms with Crippen LogP contribution in [0.5, 0.6) is 0 Å². The fourth-order valence-corrected chi connectivity index (χ4v) is 4.84. The second-order valence-corrected chi connectivity index (χ2v) is 9.45. The van der Waals surface area contributed by atoms with Crippen molar-refractivity contribution in [1.82, 2.24) is 19.4 Å². The third-order valence-electron chi connectivity index (χ3n) is 6.88. The Kier molecular flexibility index (Phi) is 5.13. The minimum atomic E-state index is 0.324. The van der Waals surface area contributed by atoms with Gasteiger partial charge >= 0.3 is 0 Å². The van der Waals surface area contributed by atoms with Crippen molar-refractivity contribution in [3.63, 3.8) is 0 Å². The summed E-state index contributed by atoms with van der Waals surface area (Å²) in [6, 6.07) is 2.94. The number of hydrogen-bond donors (Lipinski definition) is 0. The number of pyridine rings is 1. The van der Waals surface area contributed by atoms with Crippen LogP contribution in [0.15, 0.2) is 42.4 Å². The zero-order valence-electron chi connectivity index (χ0n) is 19.1. The highest BCUT2D eigenvalue weighted by Gasteiger charge is 2.28. The first-order valence-electron chi connectivity index (χ1n) is 11.5. The highest BCUT2D eigenvalue weighted by atomic mass is 16.5. The van der Waals surface area contributed by atoms with Crippen molar-refractivity contribution >= 4 is 22.4 Å². The molecule has 164 valence electrons. The van der Waals surface area contributed by atoms with Crippen LogP contribution in [-0.4, -0.2) is 52.3 Å². The van der Waals surface area contributed by atoms with Crippen molar-refractivity contribution in [2.75, 3.05) is 31.7 Å². The molecule has 1 saturated carbocycles. The van der Waals surface area contributed by atoms with Gasteiger partial charge in [-0.2, -0.15) is 0 Å². The average Bonchev–Trinajstić information content (AvgIpc) is 3.48. The van der Waals surface area contributed by atoms with Crippen molar-refractivity contribution in [1.29, 1.82) is 0 Å². The van der Waals surface area contributed by atoms with E-state index in [1.54, 1.807) is 0 Å². The lowest BCUT2D eigenvalue weighted by Gasteiger charge is -2.34. The van der Waals surface area contributed by atoms with Gasteiger partial charge in [0.15, 0.2) is 0 Å². The number of morpholine rings is 1. The van der Waals surface area contributed by atoms with E-state index in [9.17, 15) is 0 Å². The van der Waals surface area contributed by atoms with Crippen molar-refractivity contribution in [3.05, 3.63) is 48.2 Å². The Bertz CT molecular complexity index is 1080. The van der Waals surface area contributed by atoms with Crippen LogP contribution in [0.2, 0.25) is 0 Å². The number of ether oxygens (including phenoxy) is 1. The molecule has 0 amide bonds. The molecule has 0 bridgehead atoms. The predicted molar refractivity (Wildman–Crippen MR) is 126 cm³/mol. The molecule has 2 aromatic rings. The summed E-state index contributed by atoms with van der Waals surface area (Å²) in [6.07, 6.45) is 10.2. The van der Waals surface area contributed by atoms with E-state index in [4.69, 9.17) is 14.7 Å². The molecule has 2 aromatic heterocycles. The monoisotopic (exact) mass is 419 g/mol. The number of hydrogen-bond acceptors (Lipinski definition) is 5. The Hall–Kier alpha value is -2.60. The first kappa shape index (κ1) is 20.3. The molecule has 1 aliphatic carbocycles. The molecule has 0 N–H and O–H groups in total. The lowest BCUT2D eigenvalue weighted by atomic mass is 10.1. The smallest absolute Gasteiger partial charge is 0.142 e. The van der Waals surface area contributed by atoms with Crippen molar-refractivity contribution in [2.45, 2.75) is 52.1 Å². The third kappa shape index (κ3) is 3.78. The molecule has 6 nitrogen and oxygen atoms in total. The number of likely N-dealkylation sites (N-methyl/N-ethyl adjacent to an activating group) is 1. The molecule has 31 heavy (non-hydrogen) atoms. The summed E-state index contributed by atoms with van der Waals surface area (Å²) in [5.74, 6) is 2.89. The summed E-state index contributed by atoms with van der Waals surface area (Å²) in [5, 5.41) is 0. The summed E-state index contributed by atoms with van der Waals surface area (Å²) in [6.45, 7) is 13.2. The van der Waals surface area contributed by atoms with Crippen molar-refractivity contribution < 1.29 is 4.74 Å². The van der Waals surface area contributed by atoms with Crippen LogP contribution in [-0.2, 0) is 4.74 Å². The van der Waals surface area contributed by atoms with E-state index in [1.807, 2.05) is 6.20 Å². The maximum atomic E-state index is 5.63. The minimum absolute atomic E-state index is 0.324. The SMILES string of the molecule is C=C1C(C)=CC(c2nc3cnc(N4CCOC[C@@H]4C)cc3n2C(C)CC2CC2)=CN1C. The molecular formula is C25H33N5O. The Morgan fingerprint density at radius 3 is 2.84 bits per heavy atom. The van der Waals surface area contributed by atoms with Gasteiger partial charge in [-0.25, -0.2) is 9.97 Å². The van der Waals surface area contributed by atoms with Gasteiger partial charge in [-0.3, -0.25) is 0 Å². The normalized spacial score (nSPS) is 23.2. The highest BCUT2D eigenvalue weighted by Crippen LogP contribution is 2.40. The molecule has 2 atom stereocenters. The molecule has 4 heterocycles. The van der Waals surface area contributed by atoms with E-state index in [2.05, 4.69) is 67.1 Å². The van der Waals surface area contributed by atoms with Gasteiger partial charge in [0.2, 0.25) is 0 Å². The van der Waals surface area contributed by atoms with Crippen LogP contribution in [0.25, 0.3) is 16.6 Å². The second kappa shape index (κ2) is 7.83. The van der Waals surface area contributed by atoms with Gasteiger partial charge in [0.05, 0.1) is 31.0 Å². The minimum Gasteiger partial charge on any atom is -0.377 e. The van der Waals surface area contributed by atoms with Crippen LogP contribution >= 0.6 is 0 Å². The Morgan fingerprint density at radius 1 is 1.32 bits per heavy atom. The van der Waals surface area contributed by atoms with E-state index < -0.39 is 0 Å². The molecule has 0 spiro atoms. The fraction of sp³-hybridized carbons (Fsp3) is 0.520. The Morgan fingerprint density at radius 2 is 2.13 bits per heavy atom. The summed E-state index contributed by atoms with van der Waals surface area (Å²) in [4.78, 5) is 14.3. The van der Waals surface area contributed by atoms with Gasteiger partial charge in [0.1, 0.15) is 17.2 Å². The molecule has 3 aliphatic rings. The number of anilines is 1. The van der Waals surface area contributed by atoms with Gasteiger partial charge in [0.25, 0.3) is 0 Å².